The molecular formula is C24H30F4N2O3. The number of aryl methyl sites for hydroxylation is 1. The van der Waals surface area contributed by atoms with Gasteiger partial charge in [-0.05, 0) is 37.0 Å². The molecule has 182 valence electrons. The highest BCUT2D eigenvalue weighted by atomic mass is 19.4. The lowest BCUT2D eigenvalue weighted by Gasteiger charge is -2.21. The van der Waals surface area contributed by atoms with Crippen LogP contribution in [0.2, 0.25) is 0 Å². The molecule has 0 aliphatic carbocycles. The van der Waals surface area contributed by atoms with Gasteiger partial charge in [0.1, 0.15) is 18.2 Å². The maximum absolute atomic E-state index is 14.6. The van der Waals surface area contributed by atoms with Crippen LogP contribution >= 0.6 is 0 Å². The van der Waals surface area contributed by atoms with Gasteiger partial charge < -0.3 is 9.47 Å². The number of hydrogen-bond acceptors (Lipinski definition) is 5. The Kier molecular flexibility index (Phi) is 10.5. The highest BCUT2D eigenvalue weighted by Gasteiger charge is 2.43. The van der Waals surface area contributed by atoms with Gasteiger partial charge in [-0.3, -0.25) is 4.79 Å². The van der Waals surface area contributed by atoms with E-state index in [1.807, 2.05) is 0 Å². The number of esters is 1. The van der Waals surface area contributed by atoms with Gasteiger partial charge in [0, 0.05) is 24.9 Å². The first-order valence-corrected chi connectivity index (χ1v) is 11.2. The topological polar surface area (TPSA) is 61.3 Å². The Balaban J connectivity index is 2.02. The maximum atomic E-state index is 14.6. The second-order valence-corrected chi connectivity index (χ2v) is 7.80. The lowest BCUT2D eigenvalue weighted by Crippen LogP contribution is -2.39. The maximum Gasteiger partial charge on any atom is 0.428 e. The molecule has 0 spiro atoms. The molecule has 5 nitrogen and oxygen atoms in total. The first kappa shape index (κ1) is 26.5. The summed E-state index contributed by atoms with van der Waals surface area (Å²) in [6.45, 7) is 2.86. The first-order chi connectivity index (χ1) is 15.7. The first-order valence-electron chi connectivity index (χ1n) is 11.2. The Labute approximate surface area is 191 Å². The van der Waals surface area contributed by atoms with Crippen LogP contribution in [0, 0.1) is 5.82 Å². The second-order valence-electron chi connectivity index (χ2n) is 7.80. The average Bonchev–Trinajstić information content (AvgIpc) is 2.76. The molecule has 1 heterocycles. The van der Waals surface area contributed by atoms with Crippen LogP contribution in [0.15, 0.2) is 30.6 Å². The molecule has 0 bridgehead atoms. The number of unbranched alkanes of at least 4 members (excludes halogenated alkanes) is 4. The van der Waals surface area contributed by atoms with E-state index in [2.05, 4.69) is 21.6 Å². The standard InChI is InChI=1S/C24H30F4N2O3/c1-3-5-6-7-8-10-17-14-29-23(30-15-17)19-12-11-18(13-20(19)25)33-21(24(26,27)28)16-32-22(31)9-4-2/h11-15,21H,3-10,16H2,1-2H3. The van der Waals surface area contributed by atoms with Gasteiger partial charge in [0.05, 0.1) is 5.56 Å². The predicted octanol–water partition coefficient (Wildman–Crippen LogP) is 6.45. The van der Waals surface area contributed by atoms with Crippen LogP contribution in [-0.4, -0.2) is 34.8 Å². The molecule has 0 saturated carbocycles. The van der Waals surface area contributed by atoms with E-state index in [9.17, 15) is 22.4 Å². The van der Waals surface area contributed by atoms with Gasteiger partial charge in [-0.1, -0.05) is 39.5 Å². The number of nitrogens with zero attached hydrogens (tertiary/aromatic N) is 2. The Morgan fingerprint density at radius 1 is 1.03 bits per heavy atom. The number of carbonyl (C=O) groups is 1. The lowest BCUT2D eigenvalue weighted by molar-refractivity contribution is -0.209. The van der Waals surface area contributed by atoms with Gasteiger partial charge in [0.25, 0.3) is 0 Å². The third kappa shape index (κ3) is 8.98. The minimum Gasteiger partial charge on any atom is -0.477 e. The van der Waals surface area contributed by atoms with E-state index in [1.165, 1.54) is 31.4 Å². The molecule has 1 atom stereocenters. The molecule has 1 aromatic heterocycles. The van der Waals surface area contributed by atoms with Crippen molar-refractivity contribution in [2.24, 2.45) is 0 Å². The van der Waals surface area contributed by atoms with Gasteiger partial charge in [-0.25, -0.2) is 14.4 Å². The van der Waals surface area contributed by atoms with Gasteiger partial charge in [-0.2, -0.15) is 13.2 Å². The van der Waals surface area contributed by atoms with Crippen molar-refractivity contribution >= 4 is 5.97 Å². The van der Waals surface area contributed by atoms with E-state index in [1.54, 1.807) is 19.3 Å². The molecule has 2 rings (SSSR count). The van der Waals surface area contributed by atoms with Crippen LogP contribution in [-0.2, 0) is 16.0 Å². The minimum atomic E-state index is -4.79. The van der Waals surface area contributed by atoms with Gasteiger partial charge >= 0.3 is 12.1 Å². The van der Waals surface area contributed by atoms with Crippen LogP contribution in [0.3, 0.4) is 0 Å². The van der Waals surface area contributed by atoms with Crippen molar-refractivity contribution in [1.82, 2.24) is 9.97 Å². The summed E-state index contributed by atoms with van der Waals surface area (Å²) in [5.41, 5.74) is 0.996. The van der Waals surface area contributed by atoms with E-state index in [0.29, 0.717) is 6.42 Å². The van der Waals surface area contributed by atoms with Crippen molar-refractivity contribution < 1.29 is 31.8 Å². The molecule has 0 amide bonds. The van der Waals surface area contributed by atoms with Crippen LogP contribution in [0.25, 0.3) is 11.4 Å². The van der Waals surface area contributed by atoms with Crippen LogP contribution < -0.4 is 4.74 Å². The fourth-order valence-corrected chi connectivity index (χ4v) is 3.11. The van der Waals surface area contributed by atoms with Gasteiger partial charge in [-0.15, -0.1) is 0 Å². The summed E-state index contributed by atoms with van der Waals surface area (Å²) in [6, 6.07) is 3.31. The molecule has 1 aromatic carbocycles. The lowest BCUT2D eigenvalue weighted by atomic mass is 10.1. The molecule has 0 aliphatic rings. The van der Waals surface area contributed by atoms with E-state index in [-0.39, 0.29) is 23.6 Å². The highest BCUT2D eigenvalue weighted by molar-refractivity contribution is 5.69. The summed E-state index contributed by atoms with van der Waals surface area (Å²) in [6.07, 6.45) is 3.09. The number of aromatic nitrogens is 2. The SMILES string of the molecule is CCCCCCCc1cnc(-c2ccc(OC(COC(=O)CCC)C(F)(F)F)cc2F)nc1. The van der Waals surface area contributed by atoms with E-state index < -0.39 is 30.7 Å². The zero-order chi connectivity index (χ0) is 24.3. The summed E-state index contributed by atoms with van der Waals surface area (Å²) in [4.78, 5) is 19.8. The van der Waals surface area contributed by atoms with Crippen LogP contribution in [0.5, 0.6) is 5.75 Å². The Bertz CT molecular complexity index is 873. The van der Waals surface area contributed by atoms with Crippen molar-refractivity contribution in [2.75, 3.05) is 6.61 Å². The van der Waals surface area contributed by atoms with Crippen molar-refractivity contribution in [2.45, 2.75) is 77.5 Å². The fraction of sp³-hybridized carbons (Fsp3) is 0.542. The average molecular weight is 471 g/mol. The number of halogens is 4. The van der Waals surface area contributed by atoms with Crippen molar-refractivity contribution in [3.63, 3.8) is 0 Å². The fourth-order valence-electron chi connectivity index (χ4n) is 3.11. The summed E-state index contributed by atoms with van der Waals surface area (Å²) >= 11 is 0. The molecule has 0 N–H and O–H groups in total. The third-order valence-corrected chi connectivity index (χ3v) is 4.95. The molecule has 1 unspecified atom stereocenters. The summed E-state index contributed by atoms with van der Waals surface area (Å²) in [7, 11) is 0. The molecular weight excluding hydrogens is 440 g/mol. The van der Waals surface area contributed by atoms with Crippen LogP contribution in [0.1, 0.15) is 64.4 Å². The third-order valence-electron chi connectivity index (χ3n) is 4.95. The number of hydrogen-bond donors (Lipinski definition) is 0. The predicted molar refractivity (Wildman–Crippen MR) is 116 cm³/mol. The molecule has 2 aromatic rings. The second kappa shape index (κ2) is 13.1. The zero-order valence-electron chi connectivity index (χ0n) is 19.0. The monoisotopic (exact) mass is 470 g/mol. The quantitative estimate of drug-likeness (QED) is 0.191. The van der Waals surface area contributed by atoms with Gasteiger partial charge in [0.2, 0.25) is 6.10 Å². The Morgan fingerprint density at radius 2 is 1.73 bits per heavy atom. The van der Waals surface area contributed by atoms with Crippen LogP contribution in [0.4, 0.5) is 17.6 Å². The molecule has 0 fully saturated rings. The number of alkyl halides is 3. The number of ether oxygens (including phenoxy) is 2. The van der Waals surface area contributed by atoms with Crippen molar-refractivity contribution in [3.8, 4) is 17.1 Å². The summed E-state index contributed by atoms with van der Waals surface area (Å²) < 4.78 is 63.8. The van der Waals surface area contributed by atoms with E-state index >= 15 is 0 Å². The molecule has 33 heavy (non-hydrogen) atoms. The Hall–Kier alpha value is -2.71. The van der Waals surface area contributed by atoms with E-state index in [4.69, 9.17) is 4.74 Å². The molecule has 9 heteroatoms. The summed E-state index contributed by atoms with van der Waals surface area (Å²) in [5.74, 6) is -1.77. The highest BCUT2D eigenvalue weighted by Crippen LogP contribution is 2.29. The van der Waals surface area contributed by atoms with E-state index in [0.717, 1.165) is 30.9 Å². The smallest absolute Gasteiger partial charge is 0.428 e. The number of benzene rings is 1. The summed E-state index contributed by atoms with van der Waals surface area (Å²) in [5, 5.41) is 0. The molecule has 0 aliphatic heterocycles. The number of rotatable bonds is 13. The minimum absolute atomic E-state index is 0.00551. The normalized spacial score (nSPS) is 12.4. The number of carbonyl (C=O) groups excluding carboxylic acids is 1. The van der Waals surface area contributed by atoms with Crippen molar-refractivity contribution in [1.29, 1.82) is 0 Å². The molecule has 0 saturated heterocycles. The van der Waals surface area contributed by atoms with Crippen molar-refractivity contribution in [3.05, 3.63) is 42.0 Å². The Morgan fingerprint density at radius 3 is 2.33 bits per heavy atom. The molecule has 0 radical (unpaired) electrons. The zero-order valence-corrected chi connectivity index (χ0v) is 19.0. The largest absolute Gasteiger partial charge is 0.477 e. The van der Waals surface area contributed by atoms with Gasteiger partial charge in [0.15, 0.2) is 5.82 Å².